The van der Waals surface area contributed by atoms with E-state index in [2.05, 4.69) is 16.8 Å². The molecule has 0 saturated carbocycles. The number of rotatable bonds is 9. The second-order valence-corrected chi connectivity index (χ2v) is 8.46. The molecule has 2 fully saturated rings. The minimum absolute atomic E-state index is 0.0830. The summed E-state index contributed by atoms with van der Waals surface area (Å²) in [5, 5.41) is 11.2. The van der Waals surface area contributed by atoms with E-state index in [4.69, 9.17) is 9.47 Å². The summed E-state index contributed by atoms with van der Waals surface area (Å²) in [5.74, 6) is -0.791. The number of nitrogens with zero attached hydrogens (tertiary/aromatic N) is 3. The van der Waals surface area contributed by atoms with E-state index in [9.17, 15) is 14.7 Å². The molecule has 4 rings (SSSR count). The number of carbonyl (C=O) groups excluding carboxylic acids is 2. The third-order valence-electron chi connectivity index (χ3n) is 6.20. The Morgan fingerprint density at radius 1 is 1.15 bits per heavy atom. The summed E-state index contributed by atoms with van der Waals surface area (Å²) < 4.78 is 11.1. The Labute approximate surface area is 199 Å². The summed E-state index contributed by atoms with van der Waals surface area (Å²) in [5.41, 5.74) is 1.23. The van der Waals surface area contributed by atoms with Crippen LogP contribution in [0.2, 0.25) is 0 Å². The first-order valence-electron chi connectivity index (χ1n) is 11.8. The molecule has 0 aliphatic carbocycles. The van der Waals surface area contributed by atoms with Crippen molar-refractivity contribution in [3.8, 4) is 5.75 Å². The third kappa shape index (κ3) is 5.29. The number of aliphatic hydroxyl groups is 1. The highest BCUT2D eigenvalue weighted by Crippen LogP contribution is 2.39. The van der Waals surface area contributed by atoms with E-state index in [1.165, 1.54) is 0 Å². The first kappa shape index (κ1) is 23.9. The maximum atomic E-state index is 13.1. The first-order valence-corrected chi connectivity index (χ1v) is 11.8. The molecule has 2 saturated heterocycles. The van der Waals surface area contributed by atoms with Crippen LogP contribution in [0.3, 0.4) is 0 Å². The fourth-order valence-electron chi connectivity index (χ4n) is 4.27. The molecule has 8 nitrogen and oxygen atoms in total. The van der Waals surface area contributed by atoms with E-state index in [1.807, 2.05) is 6.07 Å². The molecule has 0 radical (unpaired) electrons. The molecule has 2 aromatic rings. The summed E-state index contributed by atoms with van der Waals surface area (Å²) >= 11 is 0. The molecule has 1 aromatic heterocycles. The van der Waals surface area contributed by atoms with Crippen molar-refractivity contribution in [2.75, 3.05) is 46.0 Å². The Hall–Kier alpha value is -3.23. The van der Waals surface area contributed by atoms with E-state index in [0.717, 1.165) is 25.9 Å². The van der Waals surface area contributed by atoms with Gasteiger partial charge in [0.1, 0.15) is 11.5 Å². The van der Waals surface area contributed by atoms with Crippen molar-refractivity contribution >= 4 is 17.4 Å². The number of ether oxygens (including phenoxy) is 2. The van der Waals surface area contributed by atoms with Crippen molar-refractivity contribution in [2.45, 2.75) is 25.8 Å². The number of aliphatic hydroxyl groups excluding tert-OH is 1. The molecule has 3 heterocycles. The van der Waals surface area contributed by atoms with Gasteiger partial charge >= 0.3 is 0 Å². The van der Waals surface area contributed by atoms with E-state index < -0.39 is 17.7 Å². The average molecular weight is 466 g/mol. The summed E-state index contributed by atoms with van der Waals surface area (Å²) in [4.78, 5) is 34.1. The second kappa shape index (κ2) is 11.3. The number of carbonyl (C=O) groups is 2. The van der Waals surface area contributed by atoms with Gasteiger partial charge in [-0.2, -0.15) is 0 Å². The van der Waals surface area contributed by atoms with Gasteiger partial charge in [0, 0.05) is 44.1 Å². The lowest BCUT2D eigenvalue weighted by Gasteiger charge is -2.30. The molecule has 2 aliphatic heterocycles. The molecule has 180 valence electrons. The minimum Gasteiger partial charge on any atom is -0.507 e. The summed E-state index contributed by atoms with van der Waals surface area (Å²) in [6, 6.07) is 9.82. The molecule has 0 bridgehead atoms. The Kier molecular flexibility index (Phi) is 7.92. The van der Waals surface area contributed by atoms with Crippen LogP contribution in [-0.4, -0.2) is 77.6 Å². The molecule has 8 heteroatoms. The number of pyridine rings is 1. The van der Waals surface area contributed by atoms with E-state index >= 15 is 0 Å². The molecular formula is C26H31N3O5. The molecule has 34 heavy (non-hydrogen) atoms. The van der Waals surface area contributed by atoms with Crippen LogP contribution in [0.25, 0.3) is 5.76 Å². The van der Waals surface area contributed by atoms with Crippen LogP contribution in [0.1, 0.15) is 36.9 Å². The zero-order valence-corrected chi connectivity index (χ0v) is 19.5. The summed E-state index contributed by atoms with van der Waals surface area (Å²) in [6.07, 6.45) is 5.27. The van der Waals surface area contributed by atoms with Crippen molar-refractivity contribution in [1.29, 1.82) is 0 Å². The first-order chi connectivity index (χ1) is 16.6. The number of amides is 1. The van der Waals surface area contributed by atoms with Crippen molar-refractivity contribution in [2.24, 2.45) is 0 Å². The van der Waals surface area contributed by atoms with Gasteiger partial charge in [0.2, 0.25) is 0 Å². The maximum Gasteiger partial charge on any atom is 0.295 e. The lowest BCUT2D eigenvalue weighted by molar-refractivity contribution is -0.140. The van der Waals surface area contributed by atoms with Crippen LogP contribution in [0.15, 0.2) is 54.4 Å². The molecule has 1 N–H and O–H groups in total. The van der Waals surface area contributed by atoms with Crippen LogP contribution in [0, 0.1) is 0 Å². The van der Waals surface area contributed by atoms with Gasteiger partial charge < -0.3 is 19.5 Å². The third-order valence-corrected chi connectivity index (χ3v) is 6.20. The van der Waals surface area contributed by atoms with Crippen molar-refractivity contribution in [3.05, 3.63) is 65.5 Å². The predicted octanol–water partition coefficient (Wildman–Crippen LogP) is 3.01. The van der Waals surface area contributed by atoms with Gasteiger partial charge in [0.05, 0.1) is 31.4 Å². The van der Waals surface area contributed by atoms with Crippen LogP contribution >= 0.6 is 0 Å². The smallest absolute Gasteiger partial charge is 0.295 e. The van der Waals surface area contributed by atoms with Gasteiger partial charge in [-0.05, 0) is 42.3 Å². The number of likely N-dealkylation sites (tertiary alicyclic amines) is 1. The minimum atomic E-state index is -0.699. The number of aromatic nitrogens is 1. The van der Waals surface area contributed by atoms with E-state index in [0.29, 0.717) is 49.8 Å². The van der Waals surface area contributed by atoms with Crippen LogP contribution in [0.5, 0.6) is 5.75 Å². The van der Waals surface area contributed by atoms with E-state index in [-0.39, 0.29) is 11.3 Å². The maximum absolute atomic E-state index is 13.1. The number of ketones is 1. The van der Waals surface area contributed by atoms with Gasteiger partial charge in [-0.1, -0.05) is 19.4 Å². The zero-order chi connectivity index (χ0) is 23.9. The van der Waals surface area contributed by atoms with Gasteiger partial charge in [-0.25, -0.2) is 0 Å². The number of hydrogen-bond donors (Lipinski definition) is 1. The molecule has 1 unspecified atom stereocenters. The highest BCUT2D eigenvalue weighted by Gasteiger charge is 2.46. The Morgan fingerprint density at radius 2 is 1.91 bits per heavy atom. The molecule has 2 aliphatic rings. The Balaban J connectivity index is 1.63. The lowest BCUT2D eigenvalue weighted by atomic mass is 9.96. The normalized spacial score (nSPS) is 20.6. The van der Waals surface area contributed by atoms with Crippen LogP contribution < -0.4 is 4.74 Å². The Bertz CT molecular complexity index is 1020. The molecule has 1 atom stereocenters. The fraction of sp³-hybridized carbons (Fsp3) is 0.423. The monoisotopic (exact) mass is 465 g/mol. The largest absolute Gasteiger partial charge is 0.507 e. The van der Waals surface area contributed by atoms with Crippen molar-refractivity contribution < 1.29 is 24.2 Å². The van der Waals surface area contributed by atoms with Gasteiger partial charge in [-0.15, -0.1) is 0 Å². The van der Waals surface area contributed by atoms with Crippen molar-refractivity contribution in [1.82, 2.24) is 14.8 Å². The predicted molar refractivity (Wildman–Crippen MR) is 127 cm³/mol. The SMILES string of the molecule is CCCCOc1ccc(/C(O)=C2/C(=O)C(=O)N(CCN3CCOCC3)C2c2cccnc2)cc1. The summed E-state index contributed by atoms with van der Waals surface area (Å²) in [7, 11) is 0. The number of unbranched alkanes of at least 4 members (excludes halogenated alkanes) is 1. The van der Waals surface area contributed by atoms with Gasteiger partial charge in [0.15, 0.2) is 0 Å². The summed E-state index contributed by atoms with van der Waals surface area (Å²) in [6.45, 7) is 6.59. The lowest BCUT2D eigenvalue weighted by Crippen LogP contribution is -2.42. The number of benzene rings is 1. The fourth-order valence-corrected chi connectivity index (χ4v) is 4.27. The van der Waals surface area contributed by atoms with Crippen LogP contribution in [-0.2, 0) is 14.3 Å². The highest BCUT2D eigenvalue weighted by molar-refractivity contribution is 6.46. The number of morpholine rings is 1. The number of Topliss-reactive ketones (excluding diaryl/α,β-unsaturated/α-hetero) is 1. The molecule has 0 spiro atoms. The zero-order valence-electron chi connectivity index (χ0n) is 19.5. The molecular weight excluding hydrogens is 434 g/mol. The highest BCUT2D eigenvalue weighted by atomic mass is 16.5. The van der Waals surface area contributed by atoms with Gasteiger partial charge in [0.25, 0.3) is 11.7 Å². The quantitative estimate of drug-likeness (QED) is 0.263. The Morgan fingerprint density at radius 3 is 2.59 bits per heavy atom. The van der Waals surface area contributed by atoms with Crippen molar-refractivity contribution in [3.63, 3.8) is 0 Å². The number of hydrogen-bond acceptors (Lipinski definition) is 7. The van der Waals surface area contributed by atoms with E-state index in [1.54, 1.807) is 47.6 Å². The standard InChI is InChI=1S/C26H31N3O5/c1-2-3-15-34-21-8-6-19(7-9-21)24(30)22-23(20-5-4-10-27-18-20)29(26(32)25(22)31)12-11-28-13-16-33-17-14-28/h4-10,18,23,30H,2-3,11-17H2,1H3/b24-22-. The molecule has 1 aromatic carbocycles. The second-order valence-electron chi connectivity index (χ2n) is 8.46. The van der Waals surface area contributed by atoms with Crippen LogP contribution in [0.4, 0.5) is 0 Å². The topological polar surface area (TPSA) is 92.2 Å². The van der Waals surface area contributed by atoms with Gasteiger partial charge in [-0.3, -0.25) is 19.5 Å². The molecule has 1 amide bonds. The average Bonchev–Trinajstić information content (AvgIpc) is 3.13.